The van der Waals surface area contributed by atoms with Gasteiger partial charge in [0, 0.05) is 13.0 Å². The van der Waals surface area contributed by atoms with E-state index in [2.05, 4.69) is 4.74 Å². The van der Waals surface area contributed by atoms with Crippen LogP contribution in [0.4, 0.5) is 10.1 Å². The van der Waals surface area contributed by atoms with Gasteiger partial charge in [0.2, 0.25) is 11.8 Å². The first-order valence-corrected chi connectivity index (χ1v) is 10.6. The lowest BCUT2D eigenvalue weighted by atomic mass is 9.91. The number of carbonyl (C=O) groups is 4. The molecule has 0 aliphatic carbocycles. The molecule has 1 heterocycles. The van der Waals surface area contributed by atoms with Crippen molar-refractivity contribution in [2.24, 2.45) is 5.41 Å². The van der Waals surface area contributed by atoms with Crippen molar-refractivity contribution in [1.29, 1.82) is 0 Å². The Hall–Kier alpha value is -3.55. The predicted octanol–water partition coefficient (Wildman–Crippen LogP) is 3.71. The van der Waals surface area contributed by atoms with Crippen LogP contribution >= 0.6 is 0 Å². The van der Waals surface area contributed by atoms with Gasteiger partial charge in [-0.05, 0) is 47.4 Å². The maximum atomic E-state index is 13.3. The highest BCUT2D eigenvalue weighted by atomic mass is 19.1. The number of nitrogens with zero attached hydrogens (tertiary/aromatic N) is 2. The molecule has 3 amide bonds. The monoisotopic (exact) mass is 454 g/mol. The van der Waals surface area contributed by atoms with E-state index < -0.39 is 29.6 Å². The molecule has 3 rings (SSSR count). The van der Waals surface area contributed by atoms with Crippen molar-refractivity contribution < 1.29 is 28.3 Å². The molecule has 33 heavy (non-hydrogen) atoms. The highest BCUT2D eigenvalue weighted by Gasteiger charge is 2.44. The van der Waals surface area contributed by atoms with Crippen molar-refractivity contribution in [1.82, 2.24) is 4.90 Å². The van der Waals surface area contributed by atoms with Crippen LogP contribution in [0.5, 0.6) is 0 Å². The van der Waals surface area contributed by atoms with Gasteiger partial charge in [0.15, 0.2) is 0 Å². The normalized spacial score (nSPS) is 16.2. The molecule has 0 N–H and O–H groups in total. The molecule has 1 fully saturated rings. The Morgan fingerprint density at radius 1 is 1.06 bits per heavy atom. The van der Waals surface area contributed by atoms with Gasteiger partial charge < -0.3 is 9.64 Å². The molecule has 8 heteroatoms. The Kier molecular flexibility index (Phi) is 6.95. The molecule has 7 nitrogen and oxygen atoms in total. The summed E-state index contributed by atoms with van der Waals surface area (Å²) in [5.41, 5.74) is 0.924. The van der Waals surface area contributed by atoms with Gasteiger partial charge in [-0.3, -0.25) is 14.4 Å². The van der Waals surface area contributed by atoms with E-state index in [1.807, 2.05) is 20.8 Å². The Balaban J connectivity index is 1.89. The number of imide groups is 1. The zero-order valence-electron chi connectivity index (χ0n) is 19.1. The standard InChI is InChI=1S/C25H27FN2O5/c1-25(2,3)14-22(30)27(15-16-5-9-18(26)10-6-16)20-13-21(29)28(23(20)31)19-11-7-17(8-12-19)24(32)33-4/h5-12,20H,13-15H2,1-4H3. The number of esters is 1. The summed E-state index contributed by atoms with van der Waals surface area (Å²) in [5, 5.41) is 0. The number of carbonyl (C=O) groups excluding carboxylic acids is 4. The first-order valence-electron chi connectivity index (χ1n) is 10.6. The zero-order chi connectivity index (χ0) is 24.3. The van der Waals surface area contributed by atoms with Crippen molar-refractivity contribution in [3.8, 4) is 0 Å². The zero-order valence-corrected chi connectivity index (χ0v) is 19.1. The molecule has 1 unspecified atom stereocenters. The average molecular weight is 454 g/mol. The quantitative estimate of drug-likeness (QED) is 0.491. The molecule has 0 radical (unpaired) electrons. The van der Waals surface area contributed by atoms with Crippen molar-refractivity contribution >= 4 is 29.4 Å². The summed E-state index contributed by atoms with van der Waals surface area (Å²) < 4.78 is 18.0. The summed E-state index contributed by atoms with van der Waals surface area (Å²) in [6, 6.07) is 10.6. The van der Waals surface area contributed by atoms with Crippen molar-refractivity contribution in [3.05, 3.63) is 65.5 Å². The Morgan fingerprint density at radius 2 is 1.67 bits per heavy atom. The Morgan fingerprint density at radius 3 is 2.21 bits per heavy atom. The third-order valence-electron chi connectivity index (χ3n) is 5.31. The van der Waals surface area contributed by atoms with Crippen LogP contribution in [-0.2, 0) is 25.7 Å². The first kappa shape index (κ1) is 24.1. The van der Waals surface area contributed by atoms with Crippen molar-refractivity contribution in [2.45, 2.75) is 46.2 Å². The fourth-order valence-electron chi connectivity index (χ4n) is 3.71. The number of hydrogen-bond acceptors (Lipinski definition) is 5. The second kappa shape index (κ2) is 9.52. The van der Waals surface area contributed by atoms with Gasteiger partial charge in [-0.2, -0.15) is 0 Å². The molecule has 0 aromatic heterocycles. The number of ether oxygens (including phenoxy) is 1. The van der Waals surface area contributed by atoms with Crippen LogP contribution in [0, 0.1) is 11.2 Å². The first-order chi connectivity index (χ1) is 15.5. The van der Waals surface area contributed by atoms with E-state index in [1.54, 1.807) is 12.1 Å². The molecule has 1 atom stereocenters. The minimum absolute atomic E-state index is 0.0774. The van der Waals surface area contributed by atoms with Gasteiger partial charge in [0.25, 0.3) is 5.91 Å². The number of hydrogen-bond donors (Lipinski definition) is 0. The number of rotatable bonds is 6. The minimum atomic E-state index is -0.974. The SMILES string of the molecule is COC(=O)c1ccc(N2C(=O)CC(N(Cc3ccc(F)cc3)C(=O)CC(C)(C)C)C2=O)cc1. The summed E-state index contributed by atoms with van der Waals surface area (Å²) in [6.07, 6.45) is 0.0225. The molecule has 0 saturated carbocycles. The Bertz CT molecular complexity index is 1060. The molecule has 0 spiro atoms. The van der Waals surface area contributed by atoms with Crippen molar-refractivity contribution in [3.63, 3.8) is 0 Å². The number of anilines is 1. The van der Waals surface area contributed by atoms with Gasteiger partial charge in [0.05, 0.1) is 24.8 Å². The summed E-state index contributed by atoms with van der Waals surface area (Å²) >= 11 is 0. The van der Waals surface area contributed by atoms with Gasteiger partial charge in [0.1, 0.15) is 11.9 Å². The van der Waals surface area contributed by atoms with E-state index in [9.17, 15) is 23.6 Å². The van der Waals surface area contributed by atoms with Crippen LogP contribution in [0.1, 0.15) is 49.5 Å². The van der Waals surface area contributed by atoms with Gasteiger partial charge >= 0.3 is 5.97 Å². The molecule has 2 aromatic rings. The summed E-state index contributed by atoms with van der Waals surface area (Å²) in [5.74, 6) is -2.16. The lowest BCUT2D eigenvalue weighted by molar-refractivity contribution is -0.140. The average Bonchev–Trinajstić information content (AvgIpc) is 3.05. The van der Waals surface area contributed by atoms with Crippen LogP contribution in [0.25, 0.3) is 0 Å². The van der Waals surface area contributed by atoms with Crippen molar-refractivity contribution in [2.75, 3.05) is 12.0 Å². The van der Waals surface area contributed by atoms with Crippen LogP contribution in [-0.4, -0.2) is 41.7 Å². The minimum Gasteiger partial charge on any atom is -0.465 e. The Labute approximate surface area is 192 Å². The fraction of sp³-hybridized carbons (Fsp3) is 0.360. The lowest BCUT2D eigenvalue weighted by Crippen LogP contribution is -2.46. The summed E-state index contributed by atoms with van der Waals surface area (Å²) in [6.45, 7) is 5.82. The molecular formula is C25H27FN2O5. The maximum Gasteiger partial charge on any atom is 0.337 e. The number of methoxy groups -OCH3 is 1. The molecule has 1 aliphatic heterocycles. The smallest absolute Gasteiger partial charge is 0.337 e. The van der Waals surface area contributed by atoms with E-state index >= 15 is 0 Å². The number of benzene rings is 2. The summed E-state index contributed by atoms with van der Waals surface area (Å²) in [7, 11) is 1.26. The number of halogens is 1. The molecule has 1 aliphatic rings. The van der Waals surface area contributed by atoms with Gasteiger partial charge in [-0.25, -0.2) is 14.1 Å². The molecule has 0 bridgehead atoms. The van der Waals surface area contributed by atoms with E-state index in [4.69, 9.17) is 0 Å². The molecule has 2 aromatic carbocycles. The van der Waals surface area contributed by atoms with E-state index in [-0.39, 0.29) is 36.3 Å². The molecular weight excluding hydrogens is 427 g/mol. The van der Waals surface area contributed by atoms with E-state index in [0.717, 1.165) is 4.90 Å². The van der Waals surface area contributed by atoms with Crippen LogP contribution in [0.3, 0.4) is 0 Å². The third-order valence-corrected chi connectivity index (χ3v) is 5.31. The number of amides is 3. The molecule has 1 saturated heterocycles. The second-order valence-corrected chi connectivity index (χ2v) is 9.21. The van der Waals surface area contributed by atoms with Crippen LogP contribution in [0.15, 0.2) is 48.5 Å². The largest absolute Gasteiger partial charge is 0.465 e. The molecule has 174 valence electrons. The highest BCUT2D eigenvalue weighted by Crippen LogP contribution is 2.29. The predicted molar refractivity (Wildman–Crippen MR) is 120 cm³/mol. The van der Waals surface area contributed by atoms with E-state index in [1.165, 1.54) is 48.4 Å². The van der Waals surface area contributed by atoms with Crippen LogP contribution < -0.4 is 4.90 Å². The van der Waals surface area contributed by atoms with Gasteiger partial charge in [-0.1, -0.05) is 32.9 Å². The van der Waals surface area contributed by atoms with Crippen LogP contribution in [0.2, 0.25) is 0 Å². The highest BCUT2D eigenvalue weighted by molar-refractivity contribution is 6.23. The van der Waals surface area contributed by atoms with E-state index in [0.29, 0.717) is 11.3 Å². The van der Waals surface area contributed by atoms with Gasteiger partial charge in [-0.15, -0.1) is 0 Å². The maximum absolute atomic E-state index is 13.3. The second-order valence-electron chi connectivity index (χ2n) is 9.21. The lowest BCUT2D eigenvalue weighted by Gasteiger charge is -2.30. The summed E-state index contributed by atoms with van der Waals surface area (Å²) in [4.78, 5) is 53.4. The topological polar surface area (TPSA) is 84.0 Å². The third kappa shape index (κ3) is 5.63. The fourth-order valence-corrected chi connectivity index (χ4v) is 3.71.